The Morgan fingerprint density at radius 3 is 1.14 bits per heavy atom. The summed E-state index contributed by atoms with van der Waals surface area (Å²) in [5.41, 5.74) is 0. The molecule has 0 saturated carbocycles. The van der Waals surface area contributed by atoms with Gasteiger partial charge in [-0.1, -0.05) is 0 Å². The first-order chi connectivity index (χ1) is 2.00. The molecule has 0 saturated heterocycles. The molecule has 0 aliphatic carbocycles. The molecule has 0 aromatic heterocycles. The maximum atomic E-state index is 8.52. The van der Waals surface area contributed by atoms with Gasteiger partial charge in [-0.05, 0) is 0 Å². The molecule has 0 spiro atoms. The van der Waals surface area contributed by atoms with Crippen molar-refractivity contribution >= 4 is 10.4 Å². The van der Waals surface area contributed by atoms with Crippen molar-refractivity contribution in [2.75, 3.05) is 0 Å². The van der Waals surface area contributed by atoms with Gasteiger partial charge in [-0.3, -0.25) is 8.42 Å². The number of rotatable bonds is 0. The predicted molar refractivity (Wildman–Crippen MR) is 12.4 cm³/mol. The fourth-order valence-electron chi connectivity index (χ4n) is 0. The molecule has 0 fully saturated rings. The molecule has 0 bridgehead atoms. The molecule has 7 heavy (non-hydrogen) atoms. The van der Waals surface area contributed by atoms with Gasteiger partial charge in [0, 0.05) is 10.4 Å². The fraction of sp³-hybridized carbons (Fsp3) is 0. The van der Waals surface area contributed by atoms with Crippen LogP contribution in [0.15, 0.2) is 0 Å². The summed E-state index contributed by atoms with van der Waals surface area (Å²) in [6, 6.07) is 0. The van der Waals surface area contributed by atoms with E-state index in [1.807, 2.05) is 0 Å². The zero-order chi connectivity index (χ0) is 4.50. The van der Waals surface area contributed by atoms with E-state index < -0.39 is 10.4 Å². The molecule has 0 aromatic carbocycles. The SMILES string of the molecule is O=S(=O)([O-])[O-].[Mn+3].[OH-]. The second-order valence-electron chi connectivity index (χ2n) is 0.408. The predicted octanol–water partition coefficient (Wildman–Crippen LogP) is -1.52. The Kier molecular flexibility index (Phi) is 10.1. The van der Waals surface area contributed by atoms with E-state index in [4.69, 9.17) is 17.5 Å². The van der Waals surface area contributed by atoms with Gasteiger partial charge in [0.1, 0.15) is 0 Å². The van der Waals surface area contributed by atoms with E-state index in [9.17, 15) is 0 Å². The van der Waals surface area contributed by atoms with E-state index >= 15 is 0 Å². The van der Waals surface area contributed by atoms with Crippen LogP contribution in [-0.4, -0.2) is 23.0 Å². The minimum Gasteiger partial charge on any atom is -0.870 e. The van der Waals surface area contributed by atoms with Gasteiger partial charge in [-0.15, -0.1) is 0 Å². The molecular weight excluding hydrogens is 167 g/mol. The Labute approximate surface area is 51.1 Å². The minimum absolute atomic E-state index is 0. The van der Waals surface area contributed by atoms with Crippen molar-refractivity contribution in [2.45, 2.75) is 0 Å². The van der Waals surface area contributed by atoms with Crippen LogP contribution in [0.1, 0.15) is 0 Å². The van der Waals surface area contributed by atoms with Crippen molar-refractivity contribution in [2.24, 2.45) is 0 Å². The van der Waals surface area contributed by atoms with Crippen molar-refractivity contribution in [3.63, 3.8) is 0 Å². The average molecular weight is 168 g/mol. The van der Waals surface area contributed by atoms with Crippen molar-refractivity contribution in [1.82, 2.24) is 0 Å². The normalized spacial score (nSPS) is 8.29. The van der Waals surface area contributed by atoms with Crippen LogP contribution in [-0.2, 0) is 27.5 Å². The van der Waals surface area contributed by atoms with Crippen molar-refractivity contribution in [3.05, 3.63) is 0 Å². The summed E-state index contributed by atoms with van der Waals surface area (Å²) < 4.78 is 34.1. The monoisotopic (exact) mass is 168 g/mol. The maximum absolute atomic E-state index is 8.52. The van der Waals surface area contributed by atoms with E-state index in [2.05, 4.69) is 0 Å². The molecule has 7 heteroatoms. The van der Waals surface area contributed by atoms with Crippen molar-refractivity contribution < 1.29 is 40.1 Å². The fourth-order valence-corrected chi connectivity index (χ4v) is 0. The summed E-state index contributed by atoms with van der Waals surface area (Å²) in [7, 11) is -5.17. The molecule has 0 atom stereocenters. The third kappa shape index (κ3) is 983. The zero-order valence-corrected chi connectivity index (χ0v) is 4.86. The van der Waals surface area contributed by atoms with Crippen LogP contribution in [0.3, 0.4) is 0 Å². The van der Waals surface area contributed by atoms with E-state index in [1.54, 1.807) is 0 Å². The van der Waals surface area contributed by atoms with Crippen LogP contribution in [0.5, 0.6) is 0 Å². The average Bonchev–Trinajstić information content (AvgIpc) is 0.722. The smallest absolute Gasteiger partial charge is 0.870 e. The Bertz CT molecular complexity index is 91.2. The largest absolute Gasteiger partial charge is 3.00 e. The molecule has 44 valence electrons. The Morgan fingerprint density at radius 1 is 1.14 bits per heavy atom. The molecule has 5 nitrogen and oxygen atoms in total. The van der Waals surface area contributed by atoms with Gasteiger partial charge in [0.25, 0.3) is 0 Å². The van der Waals surface area contributed by atoms with Gasteiger partial charge in [0.2, 0.25) is 0 Å². The van der Waals surface area contributed by atoms with Gasteiger partial charge < -0.3 is 14.6 Å². The first-order valence-electron chi connectivity index (χ1n) is 0.667. The number of hydrogen-bond donors (Lipinski definition) is 0. The molecule has 0 aliphatic heterocycles. The molecule has 0 aliphatic rings. The molecule has 1 N–H and O–H groups in total. The first kappa shape index (κ1) is 15.7. The van der Waals surface area contributed by atoms with Crippen molar-refractivity contribution in [3.8, 4) is 0 Å². The summed E-state index contributed by atoms with van der Waals surface area (Å²) >= 11 is 0. The summed E-state index contributed by atoms with van der Waals surface area (Å²) in [5, 5.41) is 0. The second-order valence-corrected chi connectivity index (χ2v) is 1.22. The third-order valence-electron chi connectivity index (χ3n) is 0. The summed E-state index contributed by atoms with van der Waals surface area (Å²) in [4.78, 5) is 0. The third-order valence-corrected chi connectivity index (χ3v) is 0. The van der Waals surface area contributed by atoms with Gasteiger partial charge in [-0.2, -0.15) is 0 Å². The van der Waals surface area contributed by atoms with Crippen LogP contribution in [0.2, 0.25) is 0 Å². The Balaban J connectivity index is -0.0000000800. The minimum atomic E-state index is -5.17. The van der Waals surface area contributed by atoms with Crippen LogP contribution < -0.4 is 0 Å². The summed E-state index contributed by atoms with van der Waals surface area (Å²) in [6.07, 6.45) is 0. The van der Waals surface area contributed by atoms with Crippen LogP contribution in [0.4, 0.5) is 0 Å². The molecule has 0 unspecified atom stereocenters. The standard InChI is InChI=1S/Mn.H2O4S.H2O/c;1-5(2,3)4;/h;(H2,1,2,3,4);1H2/q+3;;/p-3. The van der Waals surface area contributed by atoms with Gasteiger partial charge >= 0.3 is 17.1 Å². The van der Waals surface area contributed by atoms with Gasteiger partial charge in [0.15, 0.2) is 0 Å². The van der Waals surface area contributed by atoms with E-state index in [0.29, 0.717) is 0 Å². The second kappa shape index (κ2) is 4.51. The Hall–Kier alpha value is 0.349. The molecule has 0 rings (SSSR count). The van der Waals surface area contributed by atoms with Crippen LogP contribution >= 0.6 is 0 Å². The molecule has 0 radical (unpaired) electrons. The number of hydrogen-bond acceptors (Lipinski definition) is 5. The summed E-state index contributed by atoms with van der Waals surface area (Å²) in [5.74, 6) is 0. The molecule has 0 aromatic rings. The molecular formula is HMnO5S. The first-order valence-corrected chi connectivity index (χ1v) is 2.00. The quantitative estimate of drug-likeness (QED) is 0.248. The molecule has 0 amide bonds. The van der Waals surface area contributed by atoms with E-state index in [0.717, 1.165) is 0 Å². The van der Waals surface area contributed by atoms with Crippen molar-refractivity contribution in [1.29, 1.82) is 0 Å². The van der Waals surface area contributed by atoms with Crippen LogP contribution in [0.25, 0.3) is 0 Å². The van der Waals surface area contributed by atoms with E-state index in [1.165, 1.54) is 0 Å². The van der Waals surface area contributed by atoms with Gasteiger partial charge in [0.05, 0.1) is 0 Å². The Morgan fingerprint density at radius 2 is 1.14 bits per heavy atom. The maximum Gasteiger partial charge on any atom is 3.00 e. The topological polar surface area (TPSA) is 110 Å². The van der Waals surface area contributed by atoms with Crippen LogP contribution in [0, 0.1) is 0 Å². The zero-order valence-electron chi connectivity index (χ0n) is 2.87. The van der Waals surface area contributed by atoms with Gasteiger partial charge in [-0.25, -0.2) is 0 Å². The molecule has 0 heterocycles. The van der Waals surface area contributed by atoms with E-state index in [-0.39, 0.29) is 22.5 Å². The summed E-state index contributed by atoms with van der Waals surface area (Å²) in [6.45, 7) is 0.